The second-order valence-electron chi connectivity index (χ2n) is 6.65. The van der Waals surface area contributed by atoms with Gasteiger partial charge in [-0.3, -0.25) is 4.79 Å². The van der Waals surface area contributed by atoms with Crippen molar-refractivity contribution < 1.29 is 4.79 Å². The Labute approximate surface area is 131 Å². The lowest BCUT2D eigenvalue weighted by Crippen LogP contribution is -2.26. The Bertz CT molecular complexity index is 707. The van der Waals surface area contributed by atoms with Crippen LogP contribution < -0.4 is 16.4 Å². The Morgan fingerprint density at radius 2 is 2.05 bits per heavy atom. The largest absolute Gasteiger partial charge is 0.302 e. The molecule has 3 aliphatic carbocycles. The van der Waals surface area contributed by atoms with E-state index in [9.17, 15) is 4.79 Å². The molecule has 2 unspecified atom stereocenters. The maximum absolute atomic E-state index is 12.5. The molecule has 1 heterocycles. The van der Waals surface area contributed by atoms with Crippen LogP contribution in [0.15, 0.2) is 17.7 Å². The molecule has 1 saturated carbocycles. The Morgan fingerprint density at radius 3 is 2.86 bits per heavy atom. The van der Waals surface area contributed by atoms with Crippen molar-refractivity contribution in [2.45, 2.75) is 46.5 Å². The predicted molar refractivity (Wildman–Crippen MR) is 89.3 cm³/mol. The molecule has 1 aromatic rings. The summed E-state index contributed by atoms with van der Waals surface area (Å²) in [6, 6.07) is 4.29. The number of carbonyl (C=O) groups excluding carboxylic acids is 1. The van der Waals surface area contributed by atoms with E-state index in [4.69, 9.17) is 0 Å². The molecule has 22 heavy (non-hydrogen) atoms. The molecule has 2 bridgehead atoms. The summed E-state index contributed by atoms with van der Waals surface area (Å²) in [4.78, 5) is 12.5. The van der Waals surface area contributed by atoms with Crippen LogP contribution in [0.2, 0.25) is 0 Å². The van der Waals surface area contributed by atoms with E-state index in [1.54, 1.807) is 0 Å². The Balaban J connectivity index is 0.000000602. The minimum atomic E-state index is 0.240. The Hall–Kier alpha value is -1.81. The van der Waals surface area contributed by atoms with Gasteiger partial charge in [-0.25, -0.2) is 0 Å². The predicted octanol–water partition coefficient (Wildman–Crippen LogP) is 3.67. The van der Waals surface area contributed by atoms with E-state index in [-0.39, 0.29) is 11.3 Å². The lowest BCUT2D eigenvalue weighted by Gasteiger charge is -2.31. The van der Waals surface area contributed by atoms with E-state index in [1.807, 2.05) is 20.8 Å². The summed E-state index contributed by atoms with van der Waals surface area (Å²) in [5.74, 6) is 0.677. The van der Waals surface area contributed by atoms with Crippen LogP contribution in [-0.4, -0.2) is 5.78 Å². The van der Waals surface area contributed by atoms with Crippen molar-refractivity contribution in [3.8, 4) is 0 Å². The molecule has 1 fully saturated rings. The maximum atomic E-state index is 12.5. The quantitative estimate of drug-likeness (QED) is 0.684. The smallest absolute Gasteiger partial charge is 0.161 e. The highest BCUT2D eigenvalue weighted by Gasteiger charge is 2.54. The SMILES string of the molecule is CC.CC1=C2c3ccc4c(c3CC23CCC(C3)C1=O)NNN4. The highest BCUT2D eigenvalue weighted by molar-refractivity contribution is 6.08. The standard InChI is InChI=1S/C16H17N3O.C2H6/c1-8-13-10-2-3-12-14(18-19-17-12)11(10)7-16(13)5-4-9(6-16)15(8)20;1-2/h2-3,9,17-19H,4-7H2,1H3;1-2H3. The van der Waals surface area contributed by atoms with Crippen LogP contribution in [0.4, 0.5) is 11.4 Å². The maximum Gasteiger partial charge on any atom is 0.161 e. The number of rotatable bonds is 0. The fraction of sp³-hybridized carbons (Fsp3) is 0.500. The molecule has 2 atom stereocenters. The first-order chi connectivity index (χ1) is 10.7. The van der Waals surface area contributed by atoms with Crippen LogP contribution in [0.25, 0.3) is 5.57 Å². The summed E-state index contributed by atoms with van der Waals surface area (Å²) in [7, 11) is 0. The number of allylic oxidation sites excluding steroid dienone is 2. The fourth-order valence-electron chi connectivity index (χ4n) is 4.95. The zero-order chi connectivity index (χ0) is 15.5. The van der Waals surface area contributed by atoms with Crippen molar-refractivity contribution in [1.82, 2.24) is 5.53 Å². The first-order valence-corrected chi connectivity index (χ1v) is 8.38. The summed E-state index contributed by atoms with van der Waals surface area (Å²) in [5, 5.41) is 0. The number of anilines is 2. The summed E-state index contributed by atoms with van der Waals surface area (Å²) in [6.07, 6.45) is 4.38. The van der Waals surface area contributed by atoms with Crippen molar-refractivity contribution in [3.63, 3.8) is 0 Å². The molecule has 4 heteroatoms. The van der Waals surface area contributed by atoms with E-state index < -0.39 is 0 Å². The second-order valence-corrected chi connectivity index (χ2v) is 6.65. The van der Waals surface area contributed by atoms with Crippen LogP contribution in [-0.2, 0) is 11.2 Å². The number of ketones is 1. The van der Waals surface area contributed by atoms with Crippen molar-refractivity contribution in [2.24, 2.45) is 11.3 Å². The monoisotopic (exact) mass is 297 g/mol. The van der Waals surface area contributed by atoms with Crippen molar-refractivity contribution in [2.75, 3.05) is 10.9 Å². The van der Waals surface area contributed by atoms with E-state index in [1.165, 1.54) is 28.8 Å². The third-order valence-corrected chi connectivity index (χ3v) is 5.74. The first-order valence-electron chi connectivity index (χ1n) is 8.38. The molecule has 4 aliphatic rings. The second kappa shape index (κ2) is 4.59. The van der Waals surface area contributed by atoms with Gasteiger partial charge in [0.05, 0.1) is 11.4 Å². The summed E-state index contributed by atoms with van der Waals surface area (Å²) < 4.78 is 0. The van der Waals surface area contributed by atoms with Gasteiger partial charge in [-0.05, 0) is 60.9 Å². The Morgan fingerprint density at radius 1 is 1.23 bits per heavy atom. The molecule has 0 saturated heterocycles. The summed E-state index contributed by atoms with van der Waals surface area (Å²) in [5.41, 5.74) is 16.9. The third-order valence-electron chi connectivity index (χ3n) is 5.74. The van der Waals surface area contributed by atoms with E-state index in [2.05, 4.69) is 28.5 Å². The van der Waals surface area contributed by atoms with Gasteiger partial charge in [0.1, 0.15) is 0 Å². The molecule has 4 nitrogen and oxygen atoms in total. The lowest BCUT2D eigenvalue weighted by molar-refractivity contribution is -0.119. The highest BCUT2D eigenvalue weighted by Crippen LogP contribution is 2.63. The number of fused-ring (bicyclic) bond motifs is 5. The van der Waals surface area contributed by atoms with E-state index in [0.717, 1.165) is 30.5 Å². The van der Waals surface area contributed by atoms with Crippen molar-refractivity contribution in [1.29, 1.82) is 0 Å². The molecule has 0 amide bonds. The molecule has 0 aromatic heterocycles. The number of hydrogen-bond acceptors (Lipinski definition) is 4. The average Bonchev–Trinajstić information content (AvgIpc) is 3.23. The van der Waals surface area contributed by atoms with E-state index >= 15 is 0 Å². The molecule has 0 radical (unpaired) electrons. The molecular formula is C18H23N3O. The molecule has 3 N–H and O–H groups in total. The van der Waals surface area contributed by atoms with Crippen molar-refractivity contribution in [3.05, 3.63) is 28.8 Å². The van der Waals surface area contributed by atoms with Crippen LogP contribution in [0, 0.1) is 11.3 Å². The number of carbonyl (C=O) groups is 1. The van der Waals surface area contributed by atoms with Gasteiger partial charge in [0, 0.05) is 11.3 Å². The van der Waals surface area contributed by atoms with Gasteiger partial charge in [-0.1, -0.05) is 19.9 Å². The number of hydrogen-bond donors (Lipinski definition) is 3. The molecule has 116 valence electrons. The molecular weight excluding hydrogens is 274 g/mol. The lowest BCUT2D eigenvalue weighted by atomic mass is 9.71. The molecule has 1 spiro atoms. The van der Waals surface area contributed by atoms with Gasteiger partial charge in [-0.15, -0.1) is 5.53 Å². The van der Waals surface area contributed by atoms with Crippen LogP contribution in [0.3, 0.4) is 0 Å². The fourth-order valence-corrected chi connectivity index (χ4v) is 4.95. The van der Waals surface area contributed by atoms with Gasteiger partial charge in [0.2, 0.25) is 0 Å². The zero-order valence-electron chi connectivity index (χ0n) is 13.5. The topological polar surface area (TPSA) is 53.2 Å². The number of hydrazine groups is 2. The molecule has 1 aliphatic heterocycles. The first kappa shape index (κ1) is 13.8. The van der Waals surface area contributed by atoms with Gasteiger partial charge in [-0.2, -0.15) is 0 Å². The van der Waals surface area contributed by atoms with E-state index in [0.29, 0.717) is 5.78 Å². The summed E-state index contributed by atoms with van der Waals surface area (Å²) >= 11 is 0. The van der Waals surface area contributed by atoms with Crippen molar-refractivity contribution >= 4 is 22.7 Å². The van der Waals surface area contributed by atoms with Gasteiger partial charge < -0.3 is 10.9 Å². The van der Waals surface area contributed by atoms with Crippen LogP contribution >= 0.6 is 0 Å². The molecule has 5 rings (SSSR count). The van der Waals surface area contributed by atoms with Crippen LogP contribution in [0.1, 0.15) is 51.2 Å². The van der Waals surface area contributed by atoms with Gasteiger partial charge in [0.15, 0.2) is 5.78 Å². The minimum absolute atomic E-state index is 0.240. The number of Topliss-reactive ketones (excluding diaryl/α,β-unsaturated/α-hetero) is 1. The van der Waals surface area contributed by atoms with Crippen LogP contribution in [0.5, 0.6) is 0 Å². The zero-order valence-corrected chi connectivity index (χ0v) is 13.5. The Kier molecular flexibility index (Phi) is 2.89. The highest BCUT2D eigenvalue weighted by atomic mass is 16.1. The number of nitrogens with one attached hydrogen (secondary N) is 3. The average molecular weight is 297 g/mol. The summed E-state index contributed by atoms with van der Waals surface area (Å²) in [6.45, 7) is 6.04. The van der Waals surface area contributed by atoms with Gasteiger partial charge in [0.25, 0.3) is 0 Å². The minimum Gasteiger partial charge on any atom is -0.302 e. The normalized spacial score (nSPS) is 30.0. The third kappa shape index (κ3) is 1.53. The molecule has 1 aromatic carbocycles. The number of benzene rings is 1. The van der Waals surface area contributed by atoms with Gasteiger partial charge >= 0.3 is 0 Å².